The van der Waals surface area contributed by atoms with Crippen LogP contribution < -0.4 is 16.0 Å². The van der Waals surface area contributed by atoms with E-state index in [1.807, 2.05) is 39.0 Å². The highest BCUT2D eigenvalue weighted by Crippen LogP contribution is 2.29. The molecule has 0 aliphatic rings. The Labute approximate surface area is 181 Å². The van der Waals surface area contributed by atoms with Gasteiger partial charge in [0.1, 0.15) is 5.00 Å². The van der Waals surface area contributed by atoms with Crippen molar-refractivity contribution in [3.8, 4) is 0 Å². The molecule has 0 radical (unpaired) electrons. The van der Waals surface area contributed by atoms with Gasteiger partial charge in [0.25, 0.3) is 0 Å². The summed E-state index contributed by atoms with van der Waals surface area (Å²) >= 11 is 1.37. The van der Waals surface area contributed by atoms with Crippen LogP contribution in [0.25, 0.3) is 0 Å². The first kappa shape index (κ1) is 23.4. The summed E-state index contributed by atoms with van der Waals surface area (Å²) in [6, 6.07) is 7.26. The molecule has 1 heterocycles. The summed E-state index contributed by atoms with van der Waals surface area (Å²) in [5.74, 6) is -0.751. The SMILES string of the molecule is CCCC(=O)Nc1cccc(NCC(=O)Nc2sc(CC)cc2C(=O)OCC)c1C. The number of benzene rings is 1. The van der Waals surface area contributed by atoms with Crippen molar-refractivity contribution in [1.82, 2.24) is 0 Å². The predicted octanol–water partition coefficient (Wildman–Crippen LogP) is 4.58. The zero-order valence-corrected chi connectivity index (χ0v) is 18.7. The van der Waals surface area contributed by atoms with E-state index in [1.54, 1.807) is 13.0 Å². The molecule has 7 nitrogen and oxygen atoms in total. The lowest BCUT2D eigenvalue weighted by Crippen LogP contribution is -2.23. The lowest BCUT2D eigenvalue weighted by molar-refractivity contribution is -0.116. The van der Waals surface area contributed by atoms with Gasteiger partial charge in [-0.15, -0.1) is 11.3 Å². The van der Waals surface area contributed by atoms with Crippen LogP contribution in [-0.2, 0) is 20.7 Å². The van der Waals surface area contributed by atoms with Gasteiger partial charge in [0.2, 0.25) is 11.8 Å². The predicted molar refractivity (Wildman–Crippen MR) is 121 cm³/mol. The van der Waals surface area contributed by atoms with Gasteiger partial charge in [-0.1, -0.05) is 19.9 Å². The highest BCUT2D eigenvalue weighted by Gasteiger charge is 2.18. The number of ether oxygens (including phenoxy) is 1. The van der Waals surface area contributed by atoms with E-state index in [-0.39, 0.29) is 25.0 Å². The van der Waals surface area contributed by atoms with Gasteiger partial charge in [0, 0.05) is 22.7 Å². The normalized spacial score (nSPS) is 10.4. The molecule has 1 aromatic carbocycles. The van der Waals surface area contributed by atoms with Crippen molar-refractivity contribution < 1.29 is 19.1 Å². The maximum absolute atomic E-state index is 12.5. The first-order valence-corrected chi connectivity index (χ1v) is 10.9. The Kier molecular flexibility index (Phi) is 8.86. The minimum absolute atomic E-state index is 0.0226. The van der Waals surface area contributed by atoms with Crippen LogP contribution in [0.3, 0.4) is 0 Å². The van der Waals surface area contributed by atoms with Crippen molar-refractivity contribution in [2.24, 2.45) is 0 Å². The summed E-state index contributed by atoms with van der Waals surface area (Å²) in [7, 11) is 0. The van der Waals surface area contributed by atoms with Crippen molar-refractivity contribution in [3.05, 3.63) is 40.3 Å². The fourth-order valence-corrected chi connectivity index (χ4v) is 3.82. The molecular formula is C22H29N3O4S. The molecule has 1 aromatic heterocycles. The second-order valence-electron chi connectivity index (χ2n) is 6.71. The molecule has 2 rings (SSSR count). The molecule has 0 saturated heterocycles. The number of hydrogen-bond acceptors (Lipinski definition) is 6. The van der Waals surface area contributed by atoms with Crippen LogP contribution in [0, 0.1) is 6.92 Å². The molecule has 0 saturated carbocycles. The second-order valence-corrected chi connectivity index (χ2v) is 7.84. The number of anilines is 3. The number of carbonyl (C=O) groups excluding carboxylic acids is 3. The number of carbonyl (C=O) groups is 3. The maximum atomic E-state index is 12.5. The van der Waals surface area contributed by atoms with Crippen molar-refractivity contribution in [3.63, 3.8) is 0 Å². The van der Waals surface area contributed by atoms with E-state index in [4.69, 9.17) is 4.74 Å². The molecule has 0 unspecified atom stereocenters. The van der Waals surface area contributed by atoms with Gasteiger partial charge in [0.05, 0.1) is 18.7 Å². The minimum Gasteiger partial charge on any atom is -0.462 e. The van der Waals surface area contributed by atoms with E-state index in [2.05, 4.69) is 16.0 Å². The van der Waals surface area contributed by atoms with Crippen molar-refractivity contribution in [2.75, 3.05) is 29.1 Å². The van der Waals surface area contributed by atoms with E-state index >= 15 is 0 Å². The highest BCUT2D eigenvalue weighted by molar-refractivity contribution is 7.16. The molecule has 2 aromatic rings. The van der Waals surface area contributed by atoms with Gasteiger partial charge >= 0.3 is 5.97 Å². The molecule has 0 fully saturated rings. The Hall–Kier alpha value is -2.87. The van der Waals surface area contributed by atoms with Gasteiger partial charge in [0.15, 0.2) is 0 Å². The number of hydrogen-bond donors (Lipinski definition) is 3. The Morgan fingerprint density at radius 3 is 2.43 bits per heavy atom. The van der Waals surface area contributed by atoms with Crippen molar-refractivity contribution >= 4 is 45.5 Å². The first-order chi connectivity index (χ1) is 14.4. The number of amides is 2. The second kappa shape index (κ2) is 11.3. The quantitative estimate of drug-likeness (QED) is 0.478. The van der Waals surface area contributed by atoms with E-state index in [1.165, 1.54) is 11.3 Å². The largest absolute Gasteiger partial charge is 0.462 e. The van der Waals surface area contributed by atoms with Crippen LogP contribution in [-0.4, -0.2) is 30.9 Å². The van der Waals surface area contributed by atoms with Crippen LogP contribution >= 0.6 is 11.3 Å². The molecular weight excluding hydrogens is 402 g/mol. The van der Waals surface area contributed by atoms with E-state index < -0.39 is 5.97 Å². The topological polar surface area (TPSA) is 96.5 Å². The fraction of sp³-hybridized carbons (Fsp3) is 0.409. The Morgan fingerprint density at radius 1 is 1.03 bits per heavy atom. The van der Waals surface area contributed by atoms with Gasteiger partial charge < -0.3 is 20.7 Å². The summed E-state index contributed by atoms with van der Waals surface area (Å²) in [4.78, 5) is 37.5. The number of esters is 1. The molecule has 162 valence electrons. The summed E-state index contributed by atoms with van der Waals surface area (Å²) in [5, 5.41) is 9.29. The molecule has 0 bridgehead atoms. The van der Waals surface area contributed by atoms with Crippen LogP contribution in [0.5, 0.6) is 0 Å². The highest BCUT2D eigenvalue weighted by atomic mass is 32.1. The lowest BCUT2D eigenvalue weighted by atomic mass is 10.1. The fourth-order valence-electron chi connectivity index (χ4n) is 2.82. The van der Waals surface area contributed by atoms with Crippen LogP contribution in [0.4, 0.5) is 16.4 Å². The maximum Gasteiger partial charge on any atom is 0.341 e. The standard InChI is InChI=1S/C22H29N3O4S/c1-5-9-19(26)24-18-11-8-10-17(14(18)4)23-13-20(27)25-21-16(22(28)29-7-3)12-15(6-2)30-21/h8,10-12,23H,5-7,9,13H2,1-4H3,(H,24,26)(H,25,27). The van der Waals surface area contributed by atoms with E-state index in [0.717, 1.165) is 29.0 Å². The number of rotatable bonds is 10. The molecule has 0 atom stereocenters. The van der Waals surface area contributed by atoms with E-state index in [0.29, 0.717) is 22.7 Å². The zero-order valence-electron chi connectivity index (χ0n) is 17.9. The van der Waals surface area contributed by atoms with Gasteiger partial charge in [-0.2, -0.15) is 0 Å². The van der Waals surface area contributed by atoms with Crippen molar-refractivity contribution in [1.29, 1.82) is 0 Å². The summed E-state index contributed by atoms with van der Waals surface area (Å²) < 4.78 is 5.08. The molecule has 0 aliphatic carbocycles. The Bertz CT molecular complexity index is 908. The molecule has 30 heavy (non-hydrogen) atoms. The first-order valence-electron chi connectivity index (χ1n) is 10.1. The van der Waals surface area contributed by atoms with Crippen molar-refractivity contribution in [2.45, 2.75) is 47.0 Å². The van der Waals surface area contributed by atoms with Crippen LogP contribution in [0.15, 0.2) is 24.3 Å². The molecule has 2 amide bonds. The Morgan fingerprint density at radius 2 is 1.77 bits per heavy atom. The summed E-state index contributed by atoms with van der Waals surface area (Å²) in [6.07, 6.45) is 2.00. The number of nitrogens with one attached hydrogen (secondary N) is 3. The lowest BCUT2D eigenvalue weighted by Gasteiger charge is -2.14. The number of aryl methyl sites for hydroxylation is 1. The zero-order chi connectivity index (χ0) is 22.1. The van der Waals surface area contributed by atoms with Crippen LogP contribution in [0.1, 0.15) is 54.4 Å². The smallest absolute Gasteiger partial charge is 0.341 e. The van der Waals surface area contributed by atoms with Gasteiger partial charge in [-0.25, -0.2) is 4.79 Å². The number of thiophene rings is 1. The molecule has 8 heteroatoms. The third kappa shape index (κ3) is 6.32. The monoisotopic (exact) mass is 431 g/mol. The van der Waals surface area contributed by atoms with Gasteiger partial charge in [-0.05, 0) is 50.5 Å². The average molecular weight is 432 g/mol. The third-order valence-corrected chi connectivity index (χ3v) is 5.60. The molecule has 3 N–H and O–H groups in total. The summed E-state index contributed by atoms with van der Waals surface area (Å²) in [6.45, 7) is 7.86. The third-order valence-electron chi connectivity index (χ3n) is 4.40. The molecule has 0 spiro atoms. The van der Waals surface area contributed by atoms with Crippen LogP contribution in [0.2, 0.25) is 0 Å². The van der Waals surface area contributed by atoms with E-state index in [9.17, 15) is 14.4 Å². The summed E-state index contributed by atoms with van der Waals surface area (Å²) in [5.41, 5.74) is 2.70. The van der Waals surface area contributed by atoms with Gasteiger partial charge in [-0.3, -0.25) is 9.59 Å². The average Bonchev–Trinajstić information content (AvgIpc) is 3.12. The minimum atomic E-state index is -0.442. The molecule has 0 aliphatic heterocycles. The Balaban J connectivity index is 2.04.